The number of phosphoric acid groups is 1. The molecule has 0 bridgehead atoms. The Morgan fingerprint density at radius 3 is 1.69 bits per heavy atom. The fraction of sp³-hybridized carbons (Fsp3) is 0.667. The molecule has 0 aliphatic rings. The van der Waals surface area contributed by atoms with Crippen molar-refractivity contribution in [2.75, 3.05) is 13.2 Å². The van der Waals surface area contributed by atoms with E-state index < -0.39 is 45.2 Å². The van der Waals surface area contributed by atoms with E-state index in [1.165, 1.54) is 51.4 Å². The van der Waals surface area contributed by atoms with Gasteiger partial charge in [0.1, 0.15) is 6.61 Å². The molecule has 0 heterocycles. The molecule has 0 radical (unpaired) electrons. The summed E-state index contributed by atoms with van der Waals surface area (Å²) < 4.78 is 26.2. The van der Waals surface area contributed by atoms with Gasteiger partial charge >= 0.3 is 19.8 Å². The van der Waals surface area contributed by atoms with E-state index in [1.807, 2.05) is 12.2 Å². The summed E-state index contributed by atoms with van der Waals surface area (Å²) in [5.74, 6) is -0.339. The van der Waals surface area contributed by atoms with E-state index in [9.17, 15) is 19.3 Å². The minimum Gasteiger partial charge on any atom is -0.462 e. The molecule has 0 aromatic carbocycles. The SMILES string of the molecule is CC/C=C\C/C=C\C/C=C\C/C=C\C/C=C\C=C/C(O)CCC(=O)OC[C@H](COP(=O)(O)O)OC(=O)CCCCCCCCCCCCC(C)CC. The standard InChI is InChI=1S/C42H71O9P/c1-4-6-7-8-9-10-11-12-13-14-15-16-20-23-26-29-32-39(43)34-35-41(44)49-36-40(37-50-52(46,47)48)51-42(45)33-30-27-24-21-18-17-19-22-25-28-31-38(3)5-2/h6-7,9-10,12-13,15-16,23,26,29,32,38-40,43H,4-5,8,11,14,17-22,24-25,27-28,30-31,33-37H2,1-3H3,(H2,46,47,48)/b7-6-,10-9-,13-12-,16-15-,26-23-,32-29-/t38?,39?,40-/m1/s1. The molecular formula is C42H71O9P. The lowest BCUT2D eigenvalue weighted by atomic mass is 9.99. The van der Waals surface area contributed by atoms with Crippen molar-refractivity contribution in [3.8, 4) is 0 Å². The van der Waals surface area contributed by atoms with Gasteiger partial charge in [-0.05, 0) is 50.9 Å². The number of rotatable bonds is 34. The Labute approximate surface area is 315 Å². The summed E-state index contributed by atoms with van der Waals surface area (Å²) >= 11 is 0. The van der Waals surface area contributed by atoms with Crippen LogP contribution in [0.4, 0.5) is 0 Å². The molecular weight excluding hydrogens is 679 g/mol. The number of aliphatic hydroxyl groups excluding tert-OH is 1. The van der Waals surface area contributed by atoms with E-state index in [-0.39, 0.29) is 19.3 Å². The predicted molar refractivity (Wildman–Crippen MR) is 213 cm³/mol. The maximum atomic E-state index is 12.4. The van der Waals surface area contributed by atoms with Crippen LogP contribution < -0.4 is 0 Å². The van der Waals surface area contributed by atoms with Crippen LogP contribution in [0.5, 0.6) is 0 Å². The van der Waals surface area contributed by atoms with Crippen LogP contribution >= 0.6 is 7.82 Å². The first-order valence-electron chi connectivity index (χ1n) is 19.7. The molecule has 10 heteroatoms. The summed E-state index contributed by atoms with van der Waals surface area (Å²) in [4.78, 5) is 42.8. The smallest absolute Gasteiger partial charge is 0.462 e. The van der Waals surface area contributed by atoms with E-state index in [4.69, 9.17) is 19.3 Å². The molecule has 0 rings (SSSR count). The molecule has 52 heavy (non-hydrogen) atoms. The van der Waals surface area contributed by atoms with Gasteiger partial charge in [-0.2, -0.15) is 0 Å². The number of phosphoric ester groups is 1. The molecule has 3 N–H and O–H groups in total. The third kappa shape index (κ3) is 37.2. The van der Waals surface area contributed by atoms with Gasteiger partial charge in [-0.15, -0.1) is 0 Å². The van der Waals surface area contributed by atoms with Crippen LogP contribution in [0, 0.1) is 5.92 Å². The Morgan fingerprint density at radius 2 is 1.15 bits per heavy atom. The third-order valence-electron chi connectivity index (χ3n) is 8.40. The summed E-state index contributed by atoms with van der Waals surface area (Å²) in [5.41, 5.74) is 0. The normalized spacial score (nSPS) is 14.5. The first kappa shape index (κ1) is 49.5. The van der Waals surface area contributed by atoms with Crippen LogP contribution in [0.25, 0.3) is 0 Å². The predicted octanol–water partition coefficient (Wildman–Crippen LogP) is 10.7. The van der Waals surface area contributed by atoms with Crippen LogP contribution in [-0.4, -0.2) is 52.3 Å². The lowest BCUT2D eigenvalue weighted by molar-refractivity contribution is -0.161. The Kier molecular flexibility index (Phi) is 33.7. The summed E-state index contributed by atoms with van der Waals surface area (Å²) in [6.07, 6.45) is 41.0. The van der Waals surface area contributed by atoms with E-state index in [0.717, 1.165) is 57.3 Å². The molecule has 0 aromatic rings. The number of hydrogen-bond donors (Lipinski definition) is 3. The van der Waals surface area contributed by atoms with Crippen LogP contribution in [-0.2, 0) is 28.2 Å². The van der Waals surface area contributed by atoms with Crippen molar-refractivity contribution in [2.24, 2.45) is 5.92 Å². The number of allylic oxidation sites excluding steroid dienone is 11. The monoisotopic (exact) mass is 750 g/mol. The number of carbonyl (C=O) groups excluding carboxylic acids is 2. The Hall–Kier alpha value is -2.55. The topological polar surface area (TPSA) is 140 Å². The Morgan fingerprint density at radius 1 is 0.635 bits per heavy atom. The molecule has 0 saturated heterocycles. The second-order valence-corrected chi connectivity index (χ2v) is 14.6. The second kappa shape index (κ2) is 35.5. The minimum absolute atomic E-state index is 0.0879. The van der Waals surface area contributed by atoms with Crippen LogP contribution in [0.2, 0.25) is 0 Å². The molecule has 0 aliphatic heterocycles. The fourth-order valence-electron chi connectivity index (χ4n) is 5.05. The Balaban J connectivity index is 4.22. The number of carbonyl (C=O) groups is 2. The van der Waals surface area contributed by atoms with Crippen molar-refractivity contribution >= 4 is 19.8 Å². The lowest BCUT2D eigenvalue weighted by Crippen LogP contribution is -2.29. The van der Waals surface area contributed by atoms with Crippen molar-refractivity contribution in [3.05, 3.63) is 72.9 Å². The van der Waals surface area contributed by atoms with E-state index >= 15 is 0 Å². The van der Waals surface area contributed by atoms with Crippen molar-refractivity contribution in [1.82, 2.24) is 0 Å². The van der Waals surface area contributed by atoms with Crippen molar-refractivity contribution < 1.29 is 43.0 Å². The molecule has 0 fully saturated rings. The maximum Gasteiger partial charge on any atom is 0.469 e. The van der Waals surface area contributed by atoms with Gasteiger partial charge in [0.2, 0.25) is 0 Å². The number of esters is 2. The highest BCUT2D eigenvalue weighted by Crippen LogP contribution is 2.36. The molecule has 3 atom stereocenters. The largest absolute Gasteiger partial charge is 0.469 e. The Bertz CT molecular complexity index is 1100. The zero-order valence-electron chi connectivity index (χ0n) is 32.5. The average Bonchev–Trinajstić information content (AvgIpc) is 3.11. The molecule has 298 valence electrons. The average molecular weight is 751 g/mol. The summed E-state index contributed by atoms with van der Waals surface area (Å²) in [6, 6.07) is 0. The highest BCUT2D eigenvalue weighted by Gasteiger charge is 2.23. The van der Waals surface area contributed by atoms with Gasteiger partial charge < -0.3 is 24.4 Å². The molecule has 0 aliphatic carbocycles. The van der Waals surface area contributed by atoms with Gasteiger partial charge in [0.15, 0.2) is 6.10 Å². The fourth-order valence-corrected chi connectivity index (χ4v) is 5.41. The zero-order chi connectivity index (χ0) is 38.5. The van der Waals surface area contributed by atoms with E-state index in [0.29, 0.717) is 6.42 Å². The first-order valence-corrected chi connectivity index (χ1v) is 21.3. The van der Waals surface area contributed by atoms with Gasteiger partial charge in [-0.3, -0.25) is 14.1 Å². The summed E-state index contributed by atoms with van der Waals surface area (Å²) in [7, 11) is -4.81. The lowest BCUT2D eigenvalue weighted by Gasteiger charge is -2.18. The highest BCUT2D eigenvalue weighted by molar-refractivity contribution is 7.46. The van der Waals surface area contributed by atoms with Gasteiger partial charge in [0.05, 0.1) is 12.7 Å². The number of hydrogen-bond acceptors (Lipinski definition) is 7. The number of ether oxygens (including phenoxy) is 2. The van der Waals surface area contributed by atoms with Gasteiger partial charge in [-0.1, -0.05) is 164 Å². The van der Waals surface area contributed by atoms with Gasteiger partial charge in [0, 0.05) is 12.8 Å². The molecule has 0 amide bonds. The first-order chi connectivity index (χ1) is 25.1. The maximum absolute atomic E-state index is 12.4. The van der Waals surface area contributed by atoms with Crippen molar-refractivity contribution in [3.63, 3.8) is 0 Å². The highest BCUT2D eigenvalue weighted by atomic mass is 31.2. The molecule has 2 unspecified atom stereocenters. The summed E-state index contributed by atoms with van der Waals surface area (Å²) in [5, 5.41) is 10.2. The molecule has 9 nitrogen and oxygen atoms in total. The van der Waals surface area contributed by atoms with Crippen molar-refractivity contribution in [2.45, 2.75) is 161 Å². The van der Waals surface area contributed by atoms with Gasteiger partial charge in [0.25, 0.3) is 0 Å². The quantitative estimate of drug-likeness (QED) is 0.0193. The zero-order valence-corrected chi connectivity index (χ0v) is 33.3. The summed E-state index contributed by atoms with van der Waals surface area (Å²) in [6.45, 7) is 5.68. The molecule has 0 aromatic heterocycles. The second-order valence-electron chi connectivity index (χ2n) is 13.3. The molecule has 0 saturated carbocycles. The third-order valence-corrected chi connectivity index (χ3v) is 8.88. The number of aliphatic hydroxyl groups is 1. The van der Waals surface area contributed by atoms with E-state index in [1.54, 1.807) is 12.2 Å². The van der Waals surface area contributed by atoms with Crippen LogP contribution in [0.15, 0.2) is 72.9 Å². The van der Waals surface area contributed by atoms with Crippen LogP contribution in [0.1, 0.15) is 149 Å². The van der Waals surface area contributed by atoms with Crippen LogP contribution in [0.3, 0.4) is 0 Å². The van der Waals surface area contributed by atoms with Gasteiger partial charge in [-0.25, -0.2) is 4.57 Å². The van der Waals surface area contributed by atoms with E-state index in [2.05, 4.69) is 73.9 Å². The number of unbranched alkanes of at least 4 members (excludes halogenated alkanes) is 9. The minimum atomic E-state index is -4.81. The van der Waals surface area contributed by atoms with Crippen molar-refractivity contribution in [1.29, 1.82) is 0 Å². The molecule has 0 spiro atoms.